The van der Waals surface area contributed by atoms with Crippen LogP contribution in [-0.2, 0) is 4.79 Å². The van der Waals surface area contributed by atoms with Crippen LogP contribution in [0.5, 0.6) is 5.75 Å². The molecule has 1 N–H and O–H groups in total. The van der Waals surface area contributed by atoms with Crippen molar-refractivity contribution in [3.05, 3.63) is 29.8 Å². The van der Waals surface area contributed by atoms with Crippen molar-refractivity contribution in [1.29, 1.82) is 0 Å². The van der Waals surface area contributed by atoms with Crippen LogP contribution >= 0.6 is 0 Å². The Balaban J connectivity index is 1.69. The minimum Gasteiger partial charge on any atom is -0.492 e. The molecule has 1 aliphatic rings. The molecule has 5 nitrogen and oxygen atoms in total. The summed E-state index contributed by atoms with van der Waals surface area (Å²) in [5.41, 5.74) is 1.23. The highest BCUT2D eigenvalue weighted by molar-refractivity contribution is 5.69. The fraction of sp³-hybridized carbons (Fsp3) is 0.562. The number of rotatable bonds is 6. The average Bonchev–Trinajstić information content (AvgIpc) is 2.66. The van der Waals surface area contributed by atoms with E-state index < -0.39 is 5.97 Å². The summed E-state index contributed by atoms with van der Waals surface area (Å²) in [6.45, 7) is 7.35. The maximum Gasteiger partial charge on any atom is 0.317 e. The van der Waals surface area contributed by atoms with Gasteiger partial charge in [0.15, 0.2) is 0 Å². The molecule has 2 rings (SSSR count). The quantitative estimate of drug-likeness (QED) is 0.860. The highest BCUT2D eigenvalue weighted by Crippen LogP contribution is 2.11. The van der Waals surface area contributed by atoms with Gasteiger partial charge in [0.25, 0.3) is 0 Å². The molecule has 116 valence electrons. The maximum absolute atomic E-state index is 10.7. The molecule has 1 aromatic rings. The second-order valence-corrected chi connectivity index (χ2v) is 5.53. The molecule has 0 bridgehead atoms. The van der Waals surface area contributed by atoms with Gasteiger partial charge in [-0.2, -0.15) is 0 Å². The molecular formula is C16H24N2O3. The predicted octanol–water partition coefficient (Wildman–Crippen LogP) is 1.47. The molecule has 0 aliphatic carbocycles. The van der Waals surface area contributed by atoms with Crippen LogP contribution in [0.4, 0.5) is 0 Å². The number of carboxylic acids is 1. The lowest BCUT2D eigenvalue weighted by Crippen LogP contribution is -2.35. The van der Waals surface area contributed by atoms with Crippen LogP contribution in [0.15, 0.2) is 24.3 Å². The van der Waals surface area contributed by atoms with Crippen LogP contribution in [-0.4, -0.2) is 66.8 Å². The van der Waals surface area contributed by atoms with E-state index in [0.717, 1.165) is 44.9 Å². The summed E-state index contributed by atoms with van der Waals surface area (Å²) < 4.78 is 5.75. The van der Waals surface area contributed by atoms with Crippen molar-refractivity contribution in [3.8, 4) is 5.75 Å². The normalized spacial score (nSPS) is 17.4. The first-order valence-electron chi connectivity index (χ1n) is 7.49. The van der Waals surface area contributed by atoms with Crippen LogP contribution in [0.3, 0.4) is 0 Å². The molecule has 0 aromatic heterocycles. The smallest absolute Gasteiger partial charge is 0.317 e. The van der Waals surface area contributed by atoms with Crippen molar-refractivity contribution in [2.24, 2.45) is 0 Å². The first-order valence-corrected chi connectivity index (χ1v) is 7.49. The summed E-state index contributed by atoms with van der Waals surface area (Å²) in [6, 6.07) is 8.08. The van der Waals surface area contributed by atoms with Gasteiger partial charge in [0.05, 0.1) is 6.54 Å². The molecule has 0 radical (unpaired) electrons. The zero-order valence-corrected chi connectivity index (χ0v) is 12.6. The van der Waals surface area contributed by atoms with Crippen molar-refractivity contribution in [2.75, 3.05) is 45.9 Å². The molecule has 0 saturated carbocycles. The lowest BCUT2D eigenvalue weighted by molar-refractivity contribution is -0.138. The van der Waals surface area contributed by atoms with Gasteiger partial charge in [-0.25, -0.2) is 0 Å². The van der Waals surface area contributed by atoms with Crippen LogP contribution in [0.1, 0.15) is 12.0 Å². The van der Waals surface area contributed by atoms with E-state index in [1.807, 2.05) is 29.2 Å². The number of nitrogens with zero attached hydrogens (tertiary/aromatic N) is 2. The lowest BCUT2D eigenvalue weighted by Gasteiger charge is -2.20. The summed E-state index contributed by atoms with van der Waals surface area (Å²) >= 11 is 0. The summed E-state index contributed by atoms with van der Waals surface area (Å²) in [5, 5.41) is 8.84. The fourth-order valence-corrected chi connectivity index (χ4v) is 2.52. The van der Waals surface area contributed by atoms with E-state index in [1.165, 1.54) is 5.56 Å². The van der Waals surface area contributed by atoms with E-state index in [9.17, 15) is 4.79 Å². The van der Waals surface area contributed by atoms with Gasteiger partial charge in [0, 0.05) is 26.2 Å². The number of carbonyl (C=O) groups is 1. The largest absolute Gasteiger partial charge is 0.492 e. The van der Waals surface area contributed by atoms with Crippen molar-refractivity contribution >= 4 is 5.97 Å². The summed E-state index contributed by atoms with van der Waals surface area (Å²) in [7, 11) is 0. The van der Waals surface area contributed by atoms with E-state index in [2.05, 4.69) is 11.8 Å². The molecule has 0 unspecified atom stereocenters. The molecule has 0 atom stereocenters. The molecule has 0 amide bonds. The number of aliphatic carboxylic acids is 1. The fourth-order valence-electron chi connectivity index (χ4n) is 2.52. The van der Waals surface area contributed by atoms with Gasteiger partial charge in [0.1, 0.15) is 12.4 Å². The minimum absolute atomic E-state index is 0.147. The number of benzene rings is 1. The molecule has 21 heavy (non-hydrogen) atoms. The third-order valence-corrected chi connectivity index (χ3v) is 3.74. The van der Waals surface area contributed by atoms with Crippen molar-refractivity contribution in [3.63, 3.8) is 0 Å². The zero-order chi connectivity index (χ0) is 15.1. The predicted molar refractivity (Wildman–Crippen MR) is 81.8 cm³/mol. The first kappa shape index (κ1) is 15.8. The number of hydrogen-bond acceptors (Lipinski definition) is 4. The van der Waals surface area contributed by atoms with E-state index in [0.29, 0.717) is 6.61 Å². The van der Waals surface area contributed by atoms with Gasteiger partial charge in [0.2, 0.25) is 0 Å². The van der Waals surface area contributed by atoms with E-state index >= 15 is 0 Å². The molecule has 1 saturated heterocycles. The number of aryl methyl sites for hydroxylation is 1. The topological polar surface area (TPSA) is 53.0 Å². The summed E-state index contributed by atoms with van der Waals surface area (Å²) in [4.78, 5) is 15.1. The molecule has 0 spiro atoms. The summed E-state index contributed by atoms with van der Waals surface area (Å²) in [6.07, 6.45) is 1.01. The molecule has 1 heterocycles. The van der Waals surface area contributed by atoms with Crippen LogP contribution in [0.2, 0.25) is 0 Å². The number of carboxylic acid groups (broad SMARTS) is 1. The van der Waals surface area contributed by atoms with E-state index in [-0.39, 0.29) is 6.54 Å². The molecule has 5 heteroatoms. The average molecular weight is 292 g/mol. The zero-order valence-electron chi connectivity index (χ0n) is 12.6. The molecule has 1 aromatic carbocycles. The standard InChI is InChI=1S/C16H24N2O3/c1-14-3-5-15(6-4-14)21-12-11-17-7-2-8-18(10-9-17)13-16(19)20/h3-6H,2,7-13H2,1H3,(H,19,20). The third-order valence-electron chi connectivity index (χ3n) is 3.74. The van der Waals surface area contributed by atoms with Crippen LogP contribution in [0, 0.1) is 6.92 Å². The summed E-state index contributed by atoms with van der Waals surface area (Å²) in [5.74, 6) is 0.161. The van der Waals surface area contributed by atoms with Crippen molar-refractivity contribution < 1.29 is 14.6 Å². The molecule has 1 fully saturated rings. The lowest BCUT2D eigenvalue weighted by atomic mass is 10.2. The van der Waals surface area contributed by atoms with Gasteiger partial charge in [-0.1, -0.05) is 17.7 Å². The Kier molecular flexibility index (Phi) is 6.02. The Morgan fingerprint density at radius 2 is 1.81 bits per heavy atom. The van der Waals surface area contributed by atoms with Crippen molar-refractivity contribution in [2.45, 2.75) is 13.3 Å². The third kappa shape index (κ3) is 5.73. The Morgan fingerprint density at radius 3 is 2.52 bits per heavy atom. The van der Waals surface area contributed by atoms with Crippen molar-refractivity contribution in [1.82, 2.24) is 9.80 Å². The van der Waals surface area contributed by atoms with Gasteiger partial charge in [-0.15, -0.1) is 0 Å². The number of hydrogen-bond donors (Lipinski definition) is 1. The second kappa shape index (κ2) is 8.00. The van der Waals surface area contributed by atoms with Crippen LogP contribution < -0.4 is 4.74 Å². The molecular weight excluding hydrogens is 268 g/mol. The van der Waals surface area contributed by atoms with Gasteiger partial charge >= 0.3 is 5.97 Å². The Morgan fingerprint density at radius 1 is 1.14 bits per heavy atom. The highest BCUT2D eigenvalue weighted by Gasteiger charge is 2.16. The second-order valence-electron chi connectivity index (χ2n) is 5.53. The van der Waals surface area contributed by atoms with E-state index in [4.69, 9.17) is 9.84 Å². The first-order chi connectivity index (χ1) is 10.1. The van der Waals surface area contributed by atoms with E-state index in [1.54, 1.807) is 0 Å². The SMILES string of the molecule is Cc1ccc(OCCN2CCCN(CC(=O)O)CC2)cc1. The van der Waals surface area contributed by atoms with Gasteiger partial charge < -0.3 is 9.84 Å². The van der Waals surface area contributed by atoms with Gasteiger partial charge in [-0.05, 0) is 32.0 Å². The maximum atomic E-state index is 10.7. The Labute approximate surface area is 126 Å². The minimum atomic E-state index is -0.744. The number of ether oxygens (including phenoxy) is 1. The highest BCUT2D eigenvalue weighted by atomic mass is 16.5. The Bertz CT molecular complexity index is 447. The van der Waals surface area contributed by atoms with Crippen LogP contribution in [0.25, 0.3) is 0 Å². The molecule has 1 aliphatic heterocycles. The van der Waals surface area contributed by atoms with Gasteiger partial charge in [-0.3, -0.25) is 14.6 Å². The Hall–Kier alpha value is -1.59. The monoisotopic (exact) mass is 292 g/mol.